The van der Waals surface area contributed by atoms with E-state index in [-0.39, 0.29) is 30.0 Å². The van der Waals surface area contributed by atoms with Gasteiger partial charge in [-0.25, -0.2) is 8.78 Å². The zero-order valence-electron chi connectivity index (χ0n) is 16.4. The summed E-state index contributed by atoms with van der Waals surface area (Å²) in [5.74, 6) is -0.175. The van der Waals surface area contributed by atoms with Crippen molar-refractivity contribution in [1.29, 1.82) is 0 Å². The highest BCUT2D eigenvalue weighted by molar-refractivity contribution is 14.0. The number of nitrogens with zero attached hydrogens (tertiary/aromatic N) is 2. The van der Waals surface area contributed by atoms with Gasteiger partial charge in [0.2, 0.25) is 0 Å². The topological polar surface area (TPSA) is 48.9 Å². The van der Waals surface area contributed by atoms with Crippen LogP contribution in [0.5, 0.6) is 0 Å². The second-order valence-corrected chi connectivity index (χ2v) is 7.52. The molecule has 1 fully saturated rings. The second-order valence-electron chi connectivity index (χ2n) is 6.55. The quantitative estimate of drug-likeness (QED) is 0.324. The Morgan fingerprint density at radius 3 is 2.72 bits per heavy atom. The zero-order valence-corrected chi connectivity index (χ0v) is 19.5. The summed E-state index contributed by atoms with van der Waals surface area (Å²) in [6, 6.07) is 7.97. The third-order valence-electron chi connectivity index (χ3n) is 4.74. The molecule has 1 saturated heterocycles. The fraction of sp³-hybridized carbons (Fsp3) is 0.450. The highest BCUT2D eigenvalue weighted by atomic mass is 127. The summed E-state index contributed by atoms with van der Waals surface area (Å²) >= 11 is 1.74. The molecule has 1 aromatic heterocycles. The number of benzene rings is 1. The number of ether oxygens (including phenoxy) is 1. The molecule has 0 aliphatic carbocycles. The van der Waals surface area contributed by atoms with Crippen molar-refractivity contribution in [2.75, 3.05) is 46.4 Å². The Morgan fingerprint density at radius 1 is 1.24 bits per heavy atom. The minimum Gasteiger partial charge on any atom is -0.379 e. The Hall–Kier alpha value is -1.30. The van der Waals surface area contributed by atoms with Gasteiger partial charge < -0.3 is 15.4 Å². The van der Waals surface area contributed by atoms with Crippen molar-refractivity contribution >= 4 is 41.3 Å². The summed E-state index contributed by atoms with van der Waals surface area (Å²) in [5.41, 5.74) is 0.354. The number of aliphatic imine (C=N–C) groups is 1. The van der Waals surface area contributed by atoms with Gasteiger partial charge in [0.25, 0.3) is 0 Å². The van der Waals surface area contributed by atoms with Gasteiger partial charge >= 0.3 is 0 Å². The van der Waals surface area contributed by atoms with E-state index in [1.165, 1.54) is 10.9 Å². The SMILES string of the molecule is CN=C(NCCc1cc(F)ccc1F)NCC(c1cccs1)N1CCOCC1.I. The predicted molar refractivity (Wildman–Crippen MR) is 124 cm³/mol. The monoisotopic (exact) mass is 536 g/mol. The lowest BCUT2D eigenvalue weighted by Crippen LogP contribution is -2.46. The second kappa shape index (κ2) is 12.4. The summed E-state index contributed by atoms with van der Waals surface area (Å²) in [7, 11) is 1.70. The molecule has 1 unspecified atom stereocenters. The molecule has 9 heteroatoms. The highest BCUT2D eigenvalue weighted by Crippen LogP contribution is 2.25. The molecule has 0 radical (unpaired) electrons. The maximum absolute atomic E-state index is 13.7. The van der Waals surface area contributed by atoms with Crippen molar-refractivity contribution in [1.82, 2.24) is 15.5 Å². The zero-order chi connectivity index (χ0) is 19.8. The minimum absolute atomic E-state index is 0. The van der Waals surface area contributed by atoms with E-state index in [4.69, 9.17) is 4.74 Å². The van der Waals surface area contributed by atoms with Crippen LogP contribution in [0.4, 0.5) is 8.78 Å². The summed E-state index contributed by atoms with van der Waals surface area (Å²) in [5, 5.41) is 8.63. The maximum Gasteiger partial charge on any atom is 0.191 e. The smallest absolute Gasteiger partial charge is 0.191 e. The average molecular weight is 536 g/mol. The summed E-state index contributed by atoms with van der Waals surface area (Å²) in [6.07, 6.45) is 0.377. The van der Waals surface area contributed by atoms with Gasteiger partial charge in [0.1, 0.15) is 11.6 Å². The van der Waals surface area contributed by atoms with Crippen LogP contribution in [0.15, 0.2) is 40.7 Å². The first-order valence-electron chi connectivity index (χ1n) is 9.41. The highest BCUT2D eigenvalue weighted by Gasteiger charge is 2.23. The number of hydrogen-bond donors (Lipinski definition) is 2. The molecule has 1 aromatic carbocycles. The number of thiophene rings is 1. The van der Waals surface area contributed by atoms with E-state index >= 15 is 0 Å². The van der Waals surface area contributed by atoms with Gasteiger partial charge in [-0.2, -0.15) is 0 Å². The van der Waals surface area contributed by atoms with E-state index in [0.717, 1.165) is 38.4 Å². The minimum atomic E-state index is -0.428. The van der Waals surface area contributed by atoms with Crippen LogP contribution in [-0.2, 0) is 11.2 Å². The molecular formula is C20H27F2IN4OS. The molecule has 2 heterocycles. The van der Waals surface area contributed by atoms with Crippen LogP contribution in [0.25, 0.3) is 0 Å². The molecule has 1 atom stereocenters. The number of morpholine rings is 1. The van der Waals surface area contributed by atoms with Gasteiger partial charge in [-0.05, 0) is 41.6 Å². The first kappa shape index (κ1) is 24.0. The van der Waals surface area contributed by atoms with Crippen molar-refractivity contribution in [3.05, 3.63) is 57.8 Å². The molecule has 3 rings (SSSR count). The van der Waals surface area contributed by atoms with Crippen LogP contribution in [0.1, 0.15) is 16.5 Å². The largest absolute Gasteiger partial charge is 0.379 e. The lowest BCUT2D eigenvalue weighted by atomic mass is 10.1. The number of hydrogen-bond acceptors (Lipinski definition) is 4. The third kappa shape index (κ3) is 7.16. The van der Waals surface area contributed by atoms with Gasteiger partial charge in [0.05, 0.1) is 19.3 Å². The first-order valence-corrected chi connectivity index (χ1v) is 10.3. The number of guanidine groups is 1. The Bertz CT molecular complexity index is 770. The average Bonchev–Trinajstić information content (AvgIpc) is 3.24. The van der Waals surface area contributed by atoms with Crippen LogP contribution in [0.2, 0.25) is 0 Å². The summed E-state index contributed by atoms with van der Waals surface area (Å²) in [4.78, 5) is 7.96. The molecule has 1 aliphatic rings. The molecule has 5 nitrogen and oxygen atoms in total. The molecular weight excluding hydrogens is 509 g/mol. The van der Waals surface area contributed by atoms with Gasteiger partial charge in [-0.3, -0.25) is 9.89 Å². The normalized spacial score (nSPS) is 16.2. The van der Waals surface area contributed by atoms with Crippen molar-refractivity contribution < 1.29 is 13.5 Å². The van der Waals surface area contributed by atoms with Crippen LogP contribution in [-0.4, -0.2) is 57.3 Å². The predicted octanol–water partition coefficient (Wildman–Crippen LogP) is 3.43. The molecule has 0 amide bonds. The number of rotatable bonds is 7. The number of halogens is 3. The van der Waals surface area contributed by atoms with E-state index in [1.54, 1.807) is 18.4 Å². The van der Waals surface area contributed by atoms with Crippen LogP contribution >= 0.6 is 35.3 Å². The molecule has 2 aromatic rings. The van der Waals surface area contributed by atoms with Crippen LogP contribution < -0.4 is 10.6 Å². The Labute approximate surface area is 191 Å². The van der Waals surface area contributed by atoms with Gasteiger partial charge in [0.15, 0.2) is 5.96 Å². The van der Waals surface area contributed by atoms with Crippen molar-refractivity contribution in [3.8, 4) is 0 Å². The van der Waals surface area contributed by atoms with E-state index in [2.05, 4.69) is 38.0 Å². The van der Waals surface area contributed by atoms with E-state index < -0.39 is 11.6 Å². The van der Waals surface area contributed by atoms with Crippen molar-refractivity contribution in [2.45, 2.75) is 12.5 Å². The molecule has 0 bridgehead atoms. The molecule has 0 saturated carbocycles. The molecule has 0 spiro atoms. The van der Waals surface area contributed by atoms with E-state index in [9.17, 15) is 8.78 Å². The third-order valence-corrected chi connectivity index (χ3v) is 5.71. The van der Waals surface area contributed by atoms with Gasteiger partial charge in [-0.15, -0.1) is 35.3 Å². The Kier molecular flexibility index (Phi) is 10.3. The molecule has 160 valence electrons. The Morgan fingerprint density at radius 2 is 2.03 bits per heavy atom. The number of nitrogens with one attached hydrogen (secondary N) is 2. The van der Waals surface area contributed by atoms with Crippen LogP contribution in [0.3, 0.4) is 0 Å². The first-order chi connectivity index (χ1) is 13.7. The fourth-order valence-corrected chi connectivity index (χ4v) is 4.10. The molecule has 2 N–H and O–H groups in total. The standard InChI is InChI=1S/C20H26F2N4OS.HI/c1-23-20(24-7-6-15-13-16(21)4-5-17(15)22)25-14-18(19-3-2-12-28-19)26-8-10-27-11-9-26;/h2-5,12-13,18H,6-11,14H2,1H3,(H2,23,24,25);1H. The van der Waals surface area contributed by atoms with Crippen molar-refractivity contribution in [3.63, 3.8) is 0 Å². The van der Waals surface area contributed by atoms with Gasteiger partial charge in [-0.1, -0.05) is 6.07 Å². The van der Waals surface area contributed by atoms with Crippen LogP contribution in [0, 0.1) is 11.6 Å². The van der Waals surface area contributed by atoms with Crippen molar-refractivity contribution in [2.24, 2.45) is 4.99 Å². The summed E-state index contributed by atoms with van der Waals surface area (Å²) in [6.45, 7) is 4.45. The molecule has 29 heavy (non-hydrogen) atoms. The summed E-state index contributed by atoms with van der Waals surface area (Å²) < 4.78 is 32.5. The van der Waals surface area contributed by atoms with E-state index in [0.29, 0.717) is 31.0 Å². The lowest BCUT2D eigenvalue weighted by Gasteiger charge is -2.34. The Balaban J connectivity index is 0.00000300. The fourth-order valence-electron chi connectivity index (χ4n) is 3.24. The maximum atomic E-state index is 13.7. The van der Waals surface area contributed by atoms with Gasteiger partial charge in [0, 0.05) is 38.1 Å². The van der Waals surface area contributed by atoms with E-state index in [1.807, 2.05) is 0 Å². The lowest BCUT2D eigenvalue weighted by molar-refractivity contribution is 0.0177. The molecule has 1 aliphatic heterocycles.